The lowest BCUT2D eigenvalue weighted by Gasteiger charge is -2.11. The minimum absolute atomic E-state index is 0.236. The quantitative estimate of drug-likeness (QED) is 0.899. The van der Waals surface area contributed by atoms with Crippen LogP contribution in [0.3, 0.4) is 0 Å². The Kier molecular flexibility index (Phi) is 4.53. The molecule has 1 N–H and O–H groups in total. The molecule has 0 heterocycles. The van der Waals surface area contributed by atoms with Gasteiger partial charge in [-0.15, -0.1) is 0 Å². The summed E-state index contributed by atoms with van der Waals surface area (Å²) in [5, 5.41) is 10.0. The highest BCUT2D eigenvalue weighted by atomic mass is 35.5. The van der Waals surface area contributed by atoms with Crippen LogP contribution in [0.15, 0.2) is 36.4 Å². The van der Waals surface area contributed by atoms with Gasteiger partial charge in [-0.3, -0.25) is 0 Å². The molecular weight excluding hydrogens is 299 g/mol. The molecular formula is C15H12Cl2O3. The van der Waals surface area contributed by atoms with Crippen molar-refractivity contribution in [2.45, 2.75) is 13.5 Å². The molecule has 2 aromatic rings. The van der Waals surface area contributed by atoms with Gasteiger partial charge in [0.05, 0.1) is 5.56 Å². The Morgan fingerprint density at radius 3 is 2.55 bits per heavy atom. The average Bonchev–Trinajstić information content (AvgIpc) is 2.38. The van der Waals surface area contributed by atoms with Crippen molar-refractivity contribution in [1.29, 1.82) is 0 Å². The van der Waals surface area contributed by atoms with E-state index in [4.69, 9.17) is 33.0 Å². The molecule has 0 saturated heterocycles. The number of halogens is 2. The van der Waals surface area contributed by atoms with Crippen LogP contribution in [0.2, 0.25) is 10.0 Å². The number of hydrogen-bond acceptors (Lipinski definition) is 2. The van der Waals surface area contributed by atoms with Crippen molar-refractivity contribution in [2.75, 3.05) is 0 Å². The molecule has 104 valence electrons. The van der Waals surface area contributed by atoms with Crippen molar-refractivity contribution in [2.24, 2.45) is 0 Å². The largest absolute Gasteiger partial charge is 0.489 e. The van der Waals surface area contributed by atoms with Crippen molar-refractivity contribution in [3.8, 4) is 5.75 Å². The van der Waals surface area contributed by atoms with Crippen molar-refractivity contribution in [1.82, 2.24) is 0 Å². The van der Waals surface area contributed by atoms with Crippen LogP contribution in [-0.4, -0.2) is 11.1 Å². The van der Waals surface area contributed by atoms with Crippen LogP contribution in [0.4, 0.5) is 0 Å². The summed E-state index contributed by atoms with van der Waals surface area (Å²) in [5.41, 5.74) is 1.81. The van der Waals surface area contributed by atoms with Crippen LogP contribution >= 0.6 is 23.2 Å². The molecule has 0 aliphatic heterocycles. The van der Waals surface area contributed by atoms with E-state index in [2.05, 4.69) is 0 Å². The molecule has 0 atom stereocenters. The first-order chi connectivity index (χ1) is 9.47. The van der Waals surface area contributed by atoms with E-state index in [1.165, 1.54) is 6.07 Å². The van der Waals surface area contributed by atoms with Crippen LogP contribution < -0.4 is 4.74 Å². The van der Waals surface area contributed by atoms with Crippen molar-refractivity contribution in [3.63, 3.8) is 0 Å². The normalized spacial score (nSPS) is 10.3. The van der Waals surface area contributed by atoms with E-state index in [0.717, 1.165) is 11.1 Å². The average molecular weight is 311 g/mol. The Labute approximate surface area is 126 Å². The van der Waals surface area contributed by atoms with Gasteiger partial charge in [-0.1, -0.05) is 29.3 Å². The van der Waals surface area contributed by atoms with E-state index >= 15 is 0 Å². The number of carboxylic acid groups (broad SMARTS) is 1. The second-order valence-corrected chi connectivity index (χ2v) is 5.15. The Bertz CT molecular complexity index is 654. The van der Waals surface area contributed by atoms with Crippen molar-refractivity contribution in [3.05, 3.63) is 63.1 Å². The molecule has 2 aromatic carbocycles. The second-order valence-electron chi connectivity index (χ2n) is 4.31. The van der Waals surface area contributed by atoms with Crippen molar-refractivity contribution >= 4 is 29.2 Å². The number of aryl methyl sites for hydroxylation is 1. The molecule has 5 heteroatoms. The fraction of sp³-hybridized carbons (Fsp3) is 0.133. The fourth-order valence-corrected chi connectivity index (χ4v) is 2.20. The molecule has 0 saturated carbocycles. The van der Waals surface area contributed by atoms with E-state index in [1.807, 2.05) is 0 Å². The minimum Gasteiger partial charge on any atom is -0.489 e. The van der Waals surface area contributed by atoms with E-state index in [-0.39, 0.29) is 5.56 Å². The minimum atomic E-state index is -0.958. The fourth-order valence-electron chi connectivity index (χ4n) is 1.74. The number of rotatable bonds is 4. The van der Waals surface area contributed by atoms with Gasteiger partial charge in [-0.25, -0.2) is 4.79 Å². The Morgan fingerprint density at radius 1 is 1.20 bits per heavy atom. The Morgan fingerprint density at radius 2 is 1.95 bits per heavy atom. The van der Waals surface area contributed by atoms with Gasteiger partial charge in [-0.05, 0) is 42.8 Å². The Balaban J connectivity index is 2.13. The van der Waals surface area contributed by atoms with Crippen molar-refractivity contribution < 1.29 is 14.6 Å². The van der Waals surface area contributed by atoms with Gasteiger partial charge in [0.1, 0.15) is 12.4 Å². The first-order valence-corrected chi connectivity index (χ1v) is 6.63. The summed E-state index contributed by atoms with van der Waals surface area (Å²) in [7, 11) is 0. The third kappa shape index (κ3) is 3.44. The maximum absolute atomic E-state index is 10.8. The predicted octanol–water partition coefficient (Wildman–Crippen LogP) is 4.58. The van der Waals surface area contributed by atoms with E-state index in [0.29, 0.717) is 22.4 Å². The topological polar surface area (TPSA) is 46.5 Å². The number of aromatic carboxylic acids is 1. The summed E-state index contributed by atoms with van der Waals surface area (Å²) in [6.07, 6.45) is 0. The summed E-state index contributed by atoms with van der Waals surface area (Å²) < 4.78 is 5.66. The number of hydrogen-bond donors (Lipinski definition) is 1. The molecule has 0 radical (unpaired) electrons. The number of carboxylic acids is 1. The molecule has 0 amide bonds. The first-order valence-electron chi connectivity index (χ1n) is 5.88. The van der Waals surface area contributed by atoms with E-state index in [1.54, 1.807) is 37.3 Å². The summed E-state index contributed by atoms with van der Waals surface area (Å²) in [6.45, 7) is 2.09. The zero-order valence-corrected chi connectivity index (χ0v) is 12.2. The third-order valence-corrected chi connectivity index (χ3v) is 3.41. The zero-order chi connectivity index (χ0) is 14.7. The molecule has 0 aliphatic rings. The predicted molar refractivity (Wildman–Crippen MR) is 78.9 cm³/mol. The highest BCUT2D eigenvalue weighted by Crippen LogP contribution is 2.24. The molecule has 3 nitrogen and oxygen atoms in total. The summed E-state index contributed by atoms with van der Waals surface area (Å²) in [4.78, 5) is 10.8. The van der Waals surface area contributed by atoms with Gasteiger partial charge >= 0.3 is 5.97 Å². The second kappa shape index (κ2) is 6.16. The highest BCUT2D eigenvalue weighted by Gasteiger charge is 2.08. The molecule has 0 aromatic heterocycles. The smallest absolute Gasteiger partial charge is 0.335 e. The third-order valence-electron chi connectivity index (χ3n) is 2.82. The summed E-state index contributed by atoms with van der Waals surface area (Å²) in [6, 6.07) is 9.91. The zero-order valence-electron chi connectivity index (χ0n) is 10.7. The van der Waals surface area contributed by atoms with Gasteiger partial charge in [0, 0.05) is 15.6 Å². The SMILES string of the molecule is Cc1cc(C(=O)O)ccc1OCc1ccc(Cl)cc1Cl. The van der Waals surface area contributed by atoms with Crippen LogP contribution in [0.5, 0.6) is 5.75 Å². The van der Waals surface area contributed by atoms with E-state index < -0.39 is 5.97 Å². The molecule has 0 unspecified atom stereocenters. The molecule has 0 aliphatic carbocycles. The van der Waals surface area contributed by atoms with E-state index in [9.17, 15) is 4.79 Å². The van der Waals surface area contributed by atoms with Crippen LogP contribution in [0, 0.1) is 6.92 Å². The van der Waals surface area contributed by atoms with Gasteiger partial charge in [0.25, 0.3) is 0 Å². The van der Waals surface area contributed by atoms with Crippen LogP contribution in [0.25, 0.3) is 0 Å². The van der Waals surface area contributed by atoms with Crippen LogP contribution in [-0.2, 0) is 6.61 Å². The van der Waals surface area contributed by atoms with Gasteiger partial charge in [0.15, 0.2) is 0 Å². The lowest BCUT2D eigenvalue weighted by Crippen LogP contribution is -2.00. The van der Waals surface area contributed by atoms with Crippen LogP contribution in [0.1, 0.15) is 21.5 Å². The first kappa shape index (κ1) is 14.7. The lowest BCUT2D eigenvalue weighted by atomic mass is 10.1. The molecule has 0 spiro atoms. The standard InChI is InChI=1S/C15H12Cl2O3/c1-9-6-10(15(18)19)3-5-14(9)20-8-11-2-4-12(16)7-13(11)17/h2-7H,8H2,1H3,(H,18,19). The maximum Gasteiger partial charge on any atom is 0.335 e. The van der Waals surface area contributed by atoms with Gasteiger partial charge in [-0.2, -0.15) is 0 Å². The molecule has 2 rings (SSSR count). The van der Waals surface area contributed by atoms with Gasteiger partial charge < -0.3 is 9.84 Å². The maximum atomic E-state index is 10.8. The number of carbonyl (C=O) groups is 1. The number of ether oxygens (including phenoxy) is 1. The highest BCUT2D eigenvalue weighted by molar-refractivity contribution is 6.35. The Hall–Kier alpha value is -1.71. The molecule has 20 heavy (non-hydrogen) atoms. The molecule has 0 bridgehead atoms. The monoisotopic (exact) mass is 310 g/mol. The number of benzene rings is 2. The summed E-state index contributed by atoms with van der Waals surface area (Å²) in [5.74, 6) is -0.332. The summed E-state index contributed by atoms with van der Waals surface area (Å²) >= 11 is 11.9. The lowest BCUT2D eigenvalue weighted by molar-refractivity contribution is 0.0696. The van der Waals surface area contributed by atoms with Gasteiger partial charge in [0.2, 0.25) is 0 Å². The molecule has 0 fully saturated rings.